The van der Waals surface area contributed by atoms with Gasteiger partial charge in [-0.2, -0.15) is 4.73 Å². The Morgan fingerprint density at radius 1 is 0.885 bits per heavy atom. The zero-order valence-electron chi connectivity index (χ0n) is 14.2. The summed E-state index contributed by atoms with van der Waals surface area (Å²) in [6.07, 6.45) is 1.26. The van der Waals surface area contributed by atoms with Gasteiger partial charge in [0.25, 0.3) is 0 Å². The third-order valence-corrected chi connectivity index (χ3v) is 4.15. The van der Waals surface area contributed by atoms with Gasteiger partial charge < -0.3 is 19.4 Å². The number of ether oxygens (including phenoxy) is 3. The maximum absolute atomic E-state index is 12.3. The van der Waals surface area contributed by atoms with Crippen LogP contribution in [0.1, 0.15) is 22.9 Å². The van der Waals surface area contributed by atoms with Crippen LogP contribution in [0, 0.1) is 5.21 Å². The van der Waals surface area contributed by atoms with Gasteiger partial charge in [0.1, 0.15) is 13.2 Å². The van der Waals surface area contributed by atoms with Crippen molar-refractivity contribution in [2.24, 2.45) is 0 Å². The summed E-state index contributed by atoms with van der Waals surface area (Å²) in [6.45, 7) is 1.32. The lowest BCUT2D eigenvalue weighted by Gasteiger charge is -2.14. The van der Waals surface area contributed by atoms with Crippen molar-refractivity contribution in [1.29, 1.82) is 0 Å². The van der Waals surface area contributed by atoms with Gasteiger partial charge in [-0.3, -0.25) is 0 Å². The van der Waals surface area contributed by atoms with Crippen molar-refractivity contribution in [1.82, 2.24) is 0 Å². The second-order valence-electron chi connectivity index (χ2n) is 6.12. The first-order chi connectivity index (χ1) is 12.8. The molecule has 1 aliphatic rings. The minimum atomic E-state index is -0.158. The minimum Gasteiger partial charge on any atom is -0.618 e. The van der Waals surface area contributed by atoms with E-state index in [4.69, 9.17) is 14.2 Å². The van der Waals surface area contributed by atoms with Crippen LogP contribution >= 0.6 is 0 Å². The average molecular weight is 349 g/mol. The van der Waals surface area contributed by atoms with E-state index in [0.717, 1.165) is 15.9 Å². The van der Waals surface area contributed by atoms with Gasteiger partial charge >= 0.3 is 0 Å². The molecule has 1 atom stereocenters. The van der Waals surface area contributed by atoms with Crippen LogP contribution in [0.15, 0.2) is 72.9 Å². The Morgan fingerprint density at radius 3 is 1.96 bits per heavy atom. The lowest BCUT2D eigenvalue weighted by atomic mass is 10.2. The van der Waals surface area contributed by atoms with Crippen LogP contribution in [0.4, 0.5) is 0 Å². The van der Waals surface area contributed by atoms with Gasteiger partial charge in [0.05, 0.1) is 12.7 Å². The molecule has 0 N–H and O–H groups in total. The number of pyridine rings is 1. The Balaban J connectivity index is 1.55. The number of hydrogen-bond acceptors (Lipinski definition) is 4. The molecule has 0 aliphatic carbocycles. The van der Waals surface area contributed by atoms with Crippen LogP contribution < -0.4 is 14.2 Å². The number of hydrogen-bond donors (Lipinski definition) is 0. The van der Waals surface area contributed by atoms with Crippen LogP contribution in [0.3, 0.4) is 0 Å². The maximum Gasteiger partial charge on any atom is 0.228 e. The van der Waals surface area contributed by atoms with E-state index in [1.807, 2.05) is 60.7 Å². The zero-order chi connectivity index (χ0) is 17.8. The molecule has 1 unspecified atom stereocenters. The monoisotopic (exact) mass is 349 g/mol. The molecular formula is C21H19NO4. The molecule has 0 amide bonds. The van der Waals surface area contributed by atoms with Crippen molar-refractivity contribution in [3.05, 3.63) is 95.0 Å². The Bertz CT molecular complexity index is 864. The van der Waals surface area contributed by atoms with Gasteiger partial charge in [-0.05, 0) is 11.1 Å². The molecule has 5 heteroatoms. The molecule has 2 heterocycles. The van der Waals surface area contributed by atoms with E-state index >= 15 is 0 Å². The molecule has 1 fully saturated rings. The van der Waals surface area contributed by atoms with E-state index < -0.39 is 0 Å². The van der Waals surface area contributed by atoms with Crippen LogP contribution in [-0.2, 0) is 18.0 Å². The molecule has 0 saturated carbocycles. The molecule has 132 valence electrons. The zero-order valence-corrected chi connectivity index (χ0v) is 14.2. The van der Waals surface area contributed by atoms with E-state index in [9.17, 15) is 5.21 Å². The minimum absolute atomic E-state index is 0.158. The predicted molar refractivity (Wildman–Crippen MR) is 95.6 cm³/mol. The van der Waals surface area contributed by atoms with E-state index in [2.05, 4.69) is 0 Å². The summed E-state index contributed by atoms with van der Waals surface area (Å²) >= 11 is 0. The molecule has 1 saturated heterocycles. The summed E-state index contributed by atoms with van der Waals surface area (Å²) in [7, 11) is 0. The van der Waals surface area contributed by atoms with E-state index in [0.29, 0.717) is 37.0 Å². The number of nitrogens with zero attached hydrogens (tertiary/aromatic N) is 1. The highest BCUT2D eigenvalue weighted by Crippen LogP contribution is 2.34. The Labute approximate surface area is 152 Å². The lowest BCUT2D eigenvalue weighted by Crippen LogP contribution is -2.31. The number of benzene rings is 2. The van der Waals surface area contributed by atoms with Crippen molar-refractivity contribution in [2.45, 2.75) is 19.3 Å². The summed E-state index contributed by atoms with van der Waals surface area (Å²) in [5, 5.41) is 12.3. The van der Waals surface area contributed by atoms with Gasteiger partial charge in [0.2, 0.25) is 17.6 Å². The first kappa shape index (κ1) is 16.4. The Kier molecular flexibility index (Phi) is 4.71. The van der Waals surface area contributed by atoms with Crippen molar-refractivity contribution in [2.75, 3.05) is 6.61 Å². The van der Waals surface area contributed by atoms with E-state index in [-0.39, 0.29) is 6.10 Å². The summed E-state index contributed by atoms with van der Waals surface area (Å²) in [4.78, 5) is 0. The van der Waals surface area contributed by atoms with Crippen LogP contribution in [0.2, 0.25) is 0 Å². The first-order valence-electron chi connectivity index (χ1n) is 8.52. The predicted octanol–water partition coefficient (Wildman–Crippen LogP) is 3.55. The molecule has 4 rings (SSSR count). The summed E-state index contributed by atoms with van der Waals surface area (Å²) in [5.41, 5.74) is 2.61. The van der Waals surface area contributed by atoms with Crippen molar-refractivity contribution < 1.29 is 18.9 Å². The molecule has 5 nitrogen and oxygen atoms in total. The molecular weight excluding hydrogens is 330 g/mol. The van der Waals surface area contributed by atoms with Crippen molar-refractivity contribution >= 4 is 0 Å². The molecule has 3 aromatic rings. The third-order valence-electron chi connectivity index (χ3n) is 4.15. The number of aromatic nitrogens is 1. The quantitative estimate of drug-likeness (QED) is 0.372. The SMILES string of the molecule is [O-][n+]1cc(OCc2ccccc2)c(OCc2ccccc2)cc1C1CO1. The molecule has 1 aromatic heterocycles. The van der Waals surface area contributed by atoms with Gasteiger partial charge in [0.15, 0.2) is 11.9 Å². The molecule has 0 bridgehead atoms. The van der Waals surface area contributed by atoms with E-state index in [1.54, 1.807) is 6.07 Å². The summed E-state index contributed by atoms with van der Waals surface area (Å²) in [5.74, 6) is 0.964. The highest BCUT2D eigenvalue weighted by molar-refractivity contribution is 5.38. The molecule has 1 aliphatic heterocycles. The Hall–Kier alpha value is -3.05. The fourth-order valence-electron chi connectivity index (χ4n) is 2.66. The fraction of sp³-hybridized carbons (Fsp3) is 0.190. The lowest BCUT2D eigenvalue weighted by molar-refractivity contribution is -0.615. The normalized spacial score (nSPS) is 15.5. The topological polar surface area (TPSA) is 57.9 Å². The van der Waals surface area contributed by atoms with Gasteiger partial charge in [-0.1, -0.05) is 60.7 Å². The van der Waals surface area contributed by atoms with Crippen LogP contribution in [0.5, 0.6) is 11.5 Å². The molecule has 26 heavy (non-hydrogen) atoms. The summed E-state index contributed by atoms with van der Waals surface area (Å²) in [6, 6.07) is 21.4. The standard InChI is InChI=1S/C21H19NO4/c23-22-12-20(25-14-17-9-5-2-6-10-17)19(11-18(22)21-15-26-21)24-13-16-7-3-1-4-8-16/h1-12,21H,13-15H2. The second kappa shape index (κ2) is 7.45. The van der Waals surface area contributed by atoms with Crippen LogP contribution in [-0.4, -0.2) is 6.61 Å². The molecule has 2 aromatic carbocycles. The maximum atomic E-state index is 12.3. The largest absolute Gasteiger partial charge is 0.618 e. The Morgan fingerprint density at radius 2 is 1.42 bits per heavy atom. The highest BCUT2D eigenvalue weighted by Gasteiger charge is 2.34. The van der Waals surface area contributed by atoms with Gasteiger partial charge in [0, 0.05) is 0 Å². The molecule has 0 spiro atoms. The third kappa shape index (κ3) is 3.95. The van der Waals surface area contributed by atoms with E-state index in [1.165, 1.54) is 6.20 Å². The van der Waals surface area contributed by atoms with Gasteiger partial charge in [-0.25, -0.2) is 0 Å². The number of rotatable bonds is 7. The van der Waals surface area contributed by atoms with Crippen molar-refractivity contribution in [3.8, 4) is 11.5 Å². The van der Waals surface area contributed by atoms with Crippen molar-refractivity contribution in [3.63, 3.8) is 0 Å². The highest BCUT2D eigenvalue weighted by atomic mass is 16.6. The van der Waals surface area contributed by atoms with Gasteiger partial charge in [-0.15, -0.1) is 0 Å². The smallest absolute Gasteiger partial charge is 0.228 e. The summed E-state index contributed by atoms with van der Waals surface area (Å²) < 4.78 is 17.9. The second-order valence-corrected chi connectivity index (χ2v) is 6.12. The fourth-order valence-corrected chi connectivity index (χ4v) is 2.66. The number of epoxide rings is 1. The average Bonchev–Trinajstić information content (AvgIpc) is 3.52. The first-order valence-corrected chi connectivity index (χ1v) is 8.52. The van der Waals surface area contributed by atoms with Crippen LogP contribution in [0.25, 0.3) is 0 Å². The molecule has 0 radical (unpaired) electrons.